The van der Waals surface area contributed by atoms with Gasteiger partial charge in [0.05, 0.1) is 11.2 Å². The van der Waals surface area contributed by atoms with Crippen LogP contribution in [0.3, 0.4) is 0 Å². The Morgan fingerprint density at radius 1 is 0.960 bits per heavy atom. The summed E-state index contributed by atoms with van der Waals surface area (Å²) in [4.78, 5) is 8.71. The lowest BCUT2D eigenvalue weighted by atomic mass is 10.3. The zero-order valence-corrected chi connectivity index (χ0v) is 13.0. The second kappa shape index (κ2) is 5.38. The topological polar surface area (TPSA) is 85.8 Å². The standard InChI is InChI=1S/C17H12N8/c1-2-6-14-13(5-1)21-23-25(14)12-8-10-24-16(11-12)20-17(22-24)19-15-7-3-4-9-18-15/h1-11H,(H,18,19,22). The average molecular weight is 328 g/mol. The average Bonchev–Trinajstić information content (AvgIpc) is 3.25. The molecule has 0 fully saturated rings. The number of para-hydroxylation sites is 1. The molecule has 0 saturated carbocycles. The first-order chi connectivity index (χ1) is 12.4. The second-order valence-corrected chi connectivity index (χ2v) is 5.45. The molecular weight excluding hydrogens is 316 g/mol. The Morgan fingerprint density at radius 3 is 2.80 bits per heavy atom. The highest BCUT2D eigenvalue weighted by molar-refractivity contribution is 5.76. The van der Waals surface area contributed by atoms with E-state index in [4.69, 9.17) is 0 Å². The van der Waals surface area contributed by atoms with Gasteiger partial charge in [-0.2, -0.15) is 4.98 Å². The summed E-state index contributed by atoms with van der Waals surface area (Å²) in [5.74, 6) is 1.18. The number of fused-ring (bicyclic) bond motifs is 2. The Labute approximate surface area is 141 Å². The summed E-state index contributed by atoms with van der Waals surface area (Å²) < 4.78 is 3.49. The van der Waals surface area contributed by atoms with Crippen LogP contribution in [0.5, 0.6) is 0 Å². The fourth-order valence-electron chi connectivity index (χ4n) is 2.67. The Balaban J connectivity index is 1.55. The lowest BCUT2D eigenvalue weighted by Gasteiger charge is -2.01. The number of pyridine rings is 2. The number of nitrogens with zero attached hydrogens (tertiary/aromatic N) is 7. The van der Waals surface area contributed by atoms with Crippen LogP contribution in [0.4, 0.5) is 11.8 Å². The SMILES string of the molecule is c1ccc(Nc2nc3cc(-n4nnc5ccccc54)ccn3n2)nc1. The molecule has 5 aromatic rings. The predicted octanol–water partition coefficient (Wildman–Crippen LogP) is 2.60. The molecule has 0 spiro atoms. The third-order valence-corrected chi connectivity index (χ3v) is 3.82. The highest BCUT2D eigenvalue weighted by atomic mass is 15.4. The minimum atomic E-state index is 0.485. The molecule has 0 aliphatic heterocycles. The van der Waals surface area contributed by atoms with E-state index < -0.39 is 0 Å². The van der Waals surface area contributed by atoms with E-state index in [1.807, 2.05) is 60.8 Å². The molecule has 0 unspecified atom stereocenters. The molecule has 0 aliphatic carbocycles. The Morgan fingerprint density at radius 2 is 1.88 bits per heavy atom. The van der Waals surface area contributed by atoms with Gasteiger partial charge in [0.25, 0.3) is 0 Å². The molecule has 120 valence electrons. The first-order valence-electron chi connectivity index (χ1n) is 7.72. The lowest BCUT2D eigenvalue weighted by molar-refractivity contribution is 0.820. The molecule has 0 atom stereocenters. The summed E-state index contributed by atoms with van der Waals surface area (Å²) in [6.45, 7) is 0. The first kappa shape index (κ1) is 13.6. The largest absolute Gasteiger partial charge is 0.307 e. The third-order valence-electron chi connectivity index (χ3n) is 3.82. The minimum Gasteiger partial charge on any atom is -0.307 e. The molecule has 5 rings (SSSR count). The van der Waals surface area contributed by atoms with Gasteiger partial charge in [0.1, 0.15) is 11.3 Å². The number of benzene rings is 1. The molecule has 0 saturated heterocycles. The summed E-state index contributed by atoms with van der Waals surface area (Å²) in [5.41, 5.74) is 3.37. The van der Waals surface area contributed by atoms with Crippen LogP contribution in [-0.4, -0.2) is 34.6 Å². The number of hydrogen-bond acceptors (Lipinski definition) is 6. The molecule has 0 amide bonds. The molecular formula is C17H12N8. The maximum absolute atomic E-state index is 4.50. The van der Waals surface area contributed by atoms with Crippen molar-refractivity contribution in [3.8, 4) is 5.69 Å². The van der Waals surface area contributed by atoms with E-state index in [1.165, 1.54) is 0 Å². The van der Waals surface area contributed by atoms with E-state index >= 15 is 0 Å². The fraction of sp³-hybridized carbons (Fsp3) is 0. The number of nitrogens with one attached hydrogen (secondary N) is 1. The number of anilines is 2. The molecule has 0 radical (unpaired) electrons. The van der Waals surface area contributed by atoms with E-state index in [2.05, 4.69) is 30.7 Å². The van der Waals surface area contributed by atoms with Crippen molar-refractivity contribution in [3.63, 3.8) is 0 Å². The lowest BCUT2D eigenvalue weighted by Crippen LogP contribution is -1.98. The van der Waals surface area contributed by atoms with Crippen molar-refractivity contribution in [2.45, 2.75) is 0 Å². The Hall–Kier alpha value is -3.81. The van der Waals surface area contributed by atoms with Crippen LogP contribution in [0.2, 0.25) is 0 Å². The highest BCUT2D eigenvalue weighted by Gasteiger charge is 2.09. The second-order valence-electron chi connectivity index (χ2n) is 5.45. The summed E-state index contributed by atoms with van der Waals surface area (Å²) in [7, 11) is 0. The van der Waals surface area contributed by atoms with Crippen LogP contribution >= 0.6 is 0 Å². The van der Waals surface area contributed by atoms with Crippen LogP contribution < -0.4 is 5.32 Å². The minimum absolute atomic E-state index is 0.485. The summed E-state index contributed by atoms with van der Waals surface area (Å²) >= 11 is 0. The van der Waals surface area contributed by atoms with Crippen LogP contribution in [0.15, 0.2) is 67.0 Å². The summed E-state index contributed by atoms with van der Waals surface area (Å²) in [6, 6.07) is 17.3. The van der Waals surface area contributed by atoms with Gasteiger partial charge < -0.3 is 5.32 Å². The molecule has 8 nitrogen and oxygen atoms in total. The van der Waals surface area contributed by atoms with Gasteiger partial charge in [0.15, 0.2) is 5.65 Å². The van der Waals surface area contributed by atoms with Crippen LogP contribution in [0.1, 0.15) is 0 Å². The molecule has 4 aromatic heterocycles. The predicted molar refractivity (Wildman–Crippen MR) is 92.9 cm³/mol. The normalized spacial score (nSPS) is 11.2. The molecule has 1 aromatic carbocycles. The van der Waals surface area contributed by atoms with E-state index in [-0.39, 0.29) is 0 Å². The zero-order valence-electron chi connectivity index (χ0n) is 13.0. The van der Waals surface area contributed by atoms with Gasteiger partial charge in [0, 0.05) is 18.5 Å². The smallest absolute Gasteiger partial charge is 0.248 e. The Kier molecular flexibility index (Phi) is 2.93. The number of aromatic nitrogens is 7. The van der Waals surface area contributed by atoms with Crippen molar-refractivity contribution < 1.29 is 0 Å². The molecule has 4 heterocycles. The number of hydrogen-bond donors (Lipinski definition) is 1. The third kappa shape index (κ3) is 2.36. The van der Waals surface area contributed by atoms with Crippen molar-refractivity contribution in [2.75, 3.05) is 5.32 Å². The van der Waals surface area contributed by atoms with Crippen molar-refractivity contribution in [2.24, 2.45) is 0 Å². The van der Waals surface area contributed by atoms with Crippen molar-refractivity contribution in [1.82, 2.24) is 34.6 Å². The highest BCUT2D eigenvalue weighted by Crippen LogP contribution is 2.18. The summed E-state index contributed by atoms with van der Waals surface area (Å²) in [6.07, 6.45) is 3.56. The van der Waals surface area contributed by atoms with Crippen molar-refractivity contribution in [1.29, 1.82) is 0 Å². The van der Waals surface area contributed by atoms with E-state index in [0.717, 1.165) is 16.7 Å². The first-order valence-corrected chi connectivity index (χ1v) is 7.72. The summed E-state index contributed by atoms with van der Waals surface area (Å²) in [5, 5.41) is 15.9. The van der Waals surface area contributed by atoms with E-state index in [1.54, 1.807) is 15.4 Å². The monoisotopic (exact) mass is 328 g/mol. The Bertz CT molecular complexity index is 1180. The molecule has 8 heteroatoms. The van der Waals surface area contributed by atoms with Gasteiger partial charge in [-0.1, -0.05) is 23.4 Å². The van der Waals surface area contributed by atoms with Crippen LogP contribution in [-0.2, 0) is 0 Å². The van der Waals surface area contributed by atoms with E-state index in [9.17, 15) is 0 Å². The van der Waals surface area contributed by atoms with Gasteiger partial charge in [-0.3, -0.25) is 0 Å². The number of rotatable bonds is 3. The van der Waals surface area contributed by atoms with Gasteiger partial charge in [-0.05, 0) is 30.3 Å². The van der Waals surface area contributed by atoms with Crippen LogP contribution in [0.25, 0.3) is 22.4 Å². The quantitative estimate of drug-likeness (QED) is 0.548. The van der Waals surface area contributed by atoms with Gasteiger partial charge in [-0.25, -0.2) is 14.2 Å². The maximum atomic E-state index is 4.50. The zero-order chi connectivity index (χ0) is 16.6. The van der Waals surface area contributed by atoms with Crippen molar-refractivity contribution >= 4 is 28.4 Å². The van der Waals surface area contributed by atoms with Gasteiger partial charge >= 0.3 is 0 Å². The maximum Gasteiger partial charge on any atom is 0.248 e. The molecule has 0 bridgehead atoms. The van der Waals surface area contributed by atoms with Gasteiger partial charge in [0.2, 0.25) is 5.95 Å². The fourth-order valence-corrected chi connectivity index (χ4v) is 2.67. The molecule has 25 heavy (non-hydrogen) atoms. The molecule has 0 aliphatic rings. The van der Waals surface area contributed by atoms with Crippen LogP contribution in [0, 0.1) is 0 Å². The van der Waals surface area contributed by atoms with E-state index in [0.29, 0.717) is 17.4 Å². The van der Waals surface area contributed by atoms with Gasteiger partial charge in [-0.15, -0.1) is 10.2 Å². The molecule has 1 N–H and O–H groups in total. The van der Waals surface area contributed by atoms with Crippen molar-refractivity contribution in [3.05, 3.63) is 67.0 Å².